The quantitative estimate of drug-likeness (QED) is 0.611. The molecule has 1 aromatic carbocycles. The first-order chi connectivity index (χ1) is 12.5. The zero-order valence-corrected chi connectivity index (χ0v) is 16.0. The third-order valence-electron chi connectivity index (χ3n) is 3.71. The fourth-order valence-corrected chi connectivity index (χ4v) is 3.96. The van der Waals surface area contributed by atoms with Crippen molar-refractivity contribution in [3.8, 4) is 0 Å². The number of nitrogens with zero attached hydrogens (tertiary/aromatic N) is 2. The Labute approximate surface area is 159 Å². The number of anilines is 1. The Hall–Kier alpha value is -2.45. The summed E-state index contributed by atoms with van der Waals surface area (Å²) in [4.78, 5) is 25.2. The molecule has 1 aliphatic heterocycles. The lowest BCUT2D eigenvalue weighted by Gasteiger charge is -2.07. The summed E-state index contributed by atoms with van der Waals surface area (Å²) in [5, 5.41) is 15.4. The Morgan fingerprint density at radius 2 is 2.04 bits per heavy atom. The number of carbonyl (C=O) groups is 2. The number of benzene rings is 1. The van der Waals surface area contributed by atoms with Gasteiger partial charge in [-0.05, 0) is 43.0 Å². The third kappa shape index (κ3) is 4.80. The van der Waals surface area contributed by atoms with Gasteiger partial charge in [0.15, 0.2) is 5.17 Å². The molecule has 6 nitrogen and oxygen atoms in total. The van der Waals surface area contributed by atoms with Crippen LogP contribution in [-0.4, -0.2) is 28.4 Å². The number of aryl methyl sites for hydroxylation is 2. The molecule has 2 aromatic rings. The summed E-state index contributed by atoms with van der Waals surface area (Å²) in [5.41, 5.74) is 2.97. The van der Waals surface area contributed by atoms with Crippen LogP contribution in [0.2, 0.25) is 0 Å². The molecule has 8 heteroatoms. The van der Waals surface area contributed by atoms with E-state index in [0.717, 1.165) is 16.0 Å². The van der Waals surface area contributed by atoms with Gasteiger partial charge in [0.2, 0.25) is 11.8 Å². The van der Waals surface area contributed by atoms with Gasteiger partial charge >= 0.3 is 0 Å². The zero-order chi connectivity index (χ0) is 18.5. The molecular formula is C18H18N4O2S2. The van der Waals surface area contributed by atoms with Crippen molar-refractivity contribution in [2.24, 2.45) is 10.2 Å². The lowest BCUT2D eigenvalue weighted by atomic mass is 10.2. The smallest absolute Gasteiger partial charge is 0.240 e. The van der Waals surface area contributed by atoms with Crippen LogP contribution >= 0.6 is 23.1 Å². The molecular weight excluding hydrogens is 368 g/mol. The lowest BCUT2D eigenvalue weighted by molar-refractivity contribution is -0.122. The molecule has 134 valence electrons. The van der Waals surface area contributed by atoms with E-state index in [0.29, 0.717) is 10.9 Å². The van der Waals surface area contributed by atoms with Crippen molar-refractivity contribution in [2.75, 3.05) is 5.32 Å². The zero-order valence-electron chi connectivity index (χ0n) is 14.4. The first-order valence-corrected chi connectivity index (χ1v) is 9.76. The number of thioether (sulfide) groups is 1. The highest BCUT2D eigenvalue weighted by Gasteiger charge is 2.32. The molecule has 0 spiro atoms. The van der Waals surface area contributed by atoms with E-state index in [9.17, 15) is 9.59 Å². The summed E-state index contributed by atoms with van der Waals surface area (Å²) in [6.07, 6.45) is 1.74. The first kappa shape index (κ1) is 18.3. The summed E-state index contributed by atoms with van der Waals surface area (Å²) in [6, 6.07) is 9.52. The Bertz CT molecular complexity index is 872. The summed E-state index contributed by atoms with van der Waals surface area (Å²) < 4.78 is 0. The van der Waals surface area contributed by atoms with E-state index >= 15 is 0 Å². The van der Waals surface area contributed by atoms with Gasteiger partial charge in [0.05, 0.1) is 11.1 Å². The standard InChI is InChI=1S/C18H18N4O2S2/c1-11-3-5-13(6-4-11)20-16(23)9-14-17(24)21-18(26-14)22-19-10-15-12(2)7-8-25-15/h3-8,10,14H,9H2,1-2H3,(H,20,23)(H,21,22,24)/b19-10-/t14-/m0/s1. The molecule has 0 radical (unpaired) electrons. The SMILES string of the molecule is Cc1ccc(NC(=O)C[C@@H]2S/C(=N\N=C/c3sccc3C)NC2=O)cc1. The monoisotopic (exact) mass is 386 g/mol. The van der Waals surface area contributed by atoms with E-state index in [2.05, 4.69) is 20.8 Å². The Kier molecular flexibility index (Phi) is 5.85. The maximum Gasteiger partial charge on any atom is 0.240 e. The Morgan fingerprint density at radius 1 is 1.27 bits per heavy atom. The molecule has 3 rings (SSSR count). The van der Waals surface area contributed by atoms with Crippen molar-refractivity contribution in [2.45, 2.75) is 25.5 Å². The van der Waals surface area contributed by atoms with E-state index < -0.39 is 5.25 Å². The van der Waals surface area contributed by atoms with Crippen LogP contribution < -0.4 is 10.6 Å². The minimum Gasteiger partial charge on any atom is -0.326 e. The lowest BCUT2D eigenvalue weighted by Crippen LogP contribution is -2.28. The molecule has 1 saturated heterocycles. The molecule has 2 heterocycles. The maximum atomic E-state index is 12.1. The van der Waals surface area contributed by atoms with E-state index in [1.807, 2.05) is 49.6 Å². The number of hydrogen-bond donors (Lipinski definition) is 2. The number of amides is 2. The molecule has 1 aliphatic rings. The van der Waals surface area contributed by atoms with Crippen molar-refractivity contribution < 1.29 is 9.59 Å². The van der Waals surface area contributed by atoms with Gasteiger partial charge in [0.25, 0.3) is 0 Å². The van der Waals surface area contributed by atoms with Gasteiger partial charge in [0.1, 0.15) is 5.25 Å². The number of nitrogens with one attached hydrogen (secondary N) is 2. The molecule has 1 fully saturated rings. The first-order valence-electron chi connectivity index (χ1n) is 8.00. The summed E-state index contributed by atoms with van der Waals surface area (Å²) in [7, 11) is 0. The molecule has 0 bridgehead atoms. The predicted molar refractivity (Wildman–Crippen MR) is 108 cm³/mol. The van der Waals surface area contributed by atoms with Crippen molar-refractivity contribution in [3.05, 3.63) is 51.7 Å². The van der Waals surface area contributed by atoms with Gasteiger partial charge < -0.3 is 10.6 Å². The van der Waals surface area contributed by atoms with Crippen LogP contribution in [0.25, 0.3) is 0 Å². The molecule has 0 saturated carbocycles. The Balaban J connectivity index is 1.55. The summed E-state index contributed by atoms with van der Waals surface area (Å²) in [6.45, 7) is 3.98. The van der Waals surface area contributed by atoms with Gasteiger partial charge in [-0.25, -0.2) is 0 Å². The van der Waals surface area contributed by atoms with Crippen molar-refractivity contribution >= 4 is 52.0 Å². The van der Waals surface area contributed by atoms with Gasteiger partial charge in [-0.15, -0.1) is 16.4 Å². The van der Waals surface area contributed by atoms with E-state index in [1.54, 1.807) is 17.6 Å². The third-order valence-corrected chi connectivity index (χ3v) is 5.73. The largest absolute Gasteiger partial charge is 0.326 e. The fourth-order valence-electron chi connectivity index (χ4n) is 2.25. The van der Waals surface area contributed by atoms with Gasteiger partial charge in [-0.1, -0.05) is 29.5 Å². The highest BCUT2D eigenvalue weighted by molar-refractivity contribution is 8.15. The maximum absolute atomic E-state index is 12.1. The van der Waals surface area contributed by atoms with Crippen LogP contribution in [0.5, 0.6) is 0 Å². The molecule has 0 unspecified atom stereocenters. The van der Waals surface area contributed by atoms with E-state index in [-0.39, 0.29) is 18.2 Å². The van der Waals surface area contributed by atoms with Crippen molar-refractivity contribution in [1.82, 2.24) is 5.32 Å². The van der Waals surface area contributed by atoms with E-state index in [1.165, 1.54) is 11.8 Å². The average molecular weight is 387 g/mol. The fraction of sp³-hybridized carbons (Fsp3) is 0.222. The number of carbonyl (C=O) groups excluding carboxylic acids is 2. The Morgan fingerprint density at radius 3 is 2.73 bits per heavy atom. The van der Waals surface area contributed by atoms with Crippen molar-refractivity contribution in [3.63, 3.8) is 0 Å². The molecule has 2 amide bonds. The molecule has 26 heavy (non-hydrogen) atoms. The molecule has 2 N–H and O–H groups in total. The minimum absolute atomic E-state index is 0.0805. The second-order valence-corrected chi connectivity index (χ2v) is 7.97. The number of amidine groups is 1. The van der Waals surface area contributed by atoms with Crippen LogP contribution in [0.3, 0.4) is 0 Å². The van der Waals surface area contributed by atoms with Crippen LogP contribution in [-0.2, 0) is 9.59 Å². The average Bonchev–Trinajstić information content (AvgIpc) is 3.16. The van der Waals surface area contributed by atoms with Crippen LogP contribution in [0.1, 0.15) is 22.4 Å². The minimum atomic E-state index is -0.502. The molecule has 1 atom stereocenters. The van der Waals surface area contributed by atoms with Gasteiger partial charge in [-0.3, -0.25) is 9.59 Å². The normalized spacial score (nSPS) is 18.5. The van der Waals surface area contributed by atoms with Crippen LogP contribution in [0.4, 0.5) is 5.69 Å². The van der Waals surface area contributed by atoms with Gasteiger partial charge in [0, 0.05) is 12.1 Å². The molecule has 0 aliphatic carbocycles. The number of rotatable bonds is 5. The molecule has 1 aromatic heterocycles. The van der Waals surface area contributed by atoms with Gasteiger partial charge in [-0.2, -0.15) is 5.10 Å². The van der Waals surface area contributed by atoms with Crippen molar-refractivity contribution in [1.29, 1.82) is 0 Å². The second kappa shape index (κ2) is 8.29. The summed E-state index contributed by atoms with van der Waals surface area (Å²) in [5.74, 6) is -0.434. The number of hydrogen-bond acceptors (Lipinski definition) is 6. The highest BCUT2D eigenvalue weighted by atomic mass is 32.2. The van der Waals surface area contributed by atoms with Crippen LogP contribution in [0, 0.1) is 13.8 Å². The highest BCUT2D eigenvalue weighted by Crippen LogP contribution is 2.23. The predicted octanol–water partition coefficient (Wildman–Crippen LogP) is 3.32. The van der Waals surface area contributed by atoms with Crippen LogP contribution in [0.15, 0.2) is 45.9 Å². The topological polar surface area (TPSA) is 82.9 Å². The second-order valence-electron chi connectivity index (χ2n) is 5.83. The number of thiophene rings is 1. The van der Waals surface area contributed by atoms with E-state index in [4.69, 9.17) is 0 Å². The summed E-state index contributed by atoms with van der Waals surface area (Å²) >= 11 is 2.80.